The minimum Gasteiger partial charge on any atom is -0.496 e. The van der Waals surface area contributed by atoms with Crippen molar-refractivity contribution in [1.29, 1.82) is 0 Å². The van der Waals surface area contributed by atoms with Crippen LogP contribution in [0.15, 0.2) is 12.1 Å². The van der Waals surface area contributed by atoms with Gasteiger partial charge in [-0.3, -0.25) is 5.10 Å². The Balaban J connectivity index is 2.64. The summed E-state index contributed by atoms with van der Waals surface area (Å²) in [5, 5.41) is 15.9. The molecule has 0 fully saturated rings. The number of rotatable bonds is 3. The van der Waals surface area contributed by atoms with Gasteiger partial charge >= 0.3 is 5.97 Å². The maximum absolute atomic E-state index is 10.9. The highest BCUT2D eigenvalue weighted by Crippen LogP contribution is 2.37. The number of carboxylic acids is 1. The van der Waals surface area contributed by atoms with Crippen molar-refractivity contribution < 1.29 is 14.6 Å². The lowest BCUT2D eigenvalue weighted by molar-refractivity contribution is 0.0690. The van der Waals surface area contributed by atoms with Crippen LogP contribution in [0.1, 0.15) is 21.6 Å². The van der Waals surface area contributed by atoms with Gasteiger partial charge in [0.25, 0.3) is 0 Å². The number of benzene rings is 1. The fourth-order valence-corrected chi connectivity index (χ4v) is 2.51. The molecule has 0 atom stereocenters. The van der Waals surface area contributed by atoms with E-state index >= 15 is 0 Å². The van der Waals surface area contributed by atoms with E-state index < -0.39 is 5.97 Å². The van der Waals surface area contributed by atoms with Crippen molar-refractivity contribution in [3.63, 3.8) is 0 Å². The highest BCUT2D eigenvalue weighted by atomic mass is 35.5. The number of methoxy groups -OCH3 is 1. The molecular formula is C13H13ClN2O3. The van der Waals surface area contributed by atoms with Gasteiger partial charge in [-0.25, -0.2) is 4.79 Å². The number of nitrogens with zero attached hydrogens (tertiary/aromatic N) is 1. The van der Waals surface area contributed by atoms with E-state index in [1.807, 2.05) is 13.8 Å². The lowest BCUT2D eigenvalue weighted by atomic mass is 10.0. The molecule has 1 heterocycles. The van der Waals surface area contributed by atoms with Gasteiger partial charge in [-0.1, -0.05) is 11.6 Å². The molecule has 0 unspecified atom stereocenters. The maximum Gasteiger partial charge on any atom is 0.353 e. The van der Waals surface area contributed by atoms with Crippen molar-refractivity contribution in [1.82, 2.24) is 10.2 Å². The summed E-state index contributed by atoms with van der Waals surface area (Å²) in [5.41, 5.74) is 2.93. The second-order valence-electron chi connectivity index (χ2n) is 4.18. The SMILES string of the molecule is COc1c(C)cc(Cl)c(-c2cc(C(=O)O)[nH]n2)c1C. The molecule has 1 aromatic heterocycles. The predicted molar refractivity (Wildman–Crippen MR) is 72.0 cm³/mol. The largest absolute Gasteiger partial charge is 0.496 e. The monoisotopic (exact) mass is 280 g/mol. The maximum atomic E-state index is 10.9. The van der Waals surface area contributed by atoms with Crippen LogP contribution in [0.25, 0.3) is 11.3 Å². The Morgan fingerprint density at radius 1 is 1.42 bits per heavy atom. The summed E-state index contributed by atoms with van der Waals surface area (Å²) < 4.78 is 5.33. The van der Waals surface area contributed by atoms with Gasteiger partial charge in [0.2, 0.25) is 0 Å². The van der Waals surface area contributed by atoms with Crippen LogP contribution in [0.3, 0.4) is 0 Å². The minimum absolute atomic E-state index is 0.0185. The number of carbonyl (C=O) groups is 1. The molecule has 6 heteroatoms. The Kier molecular flexibility index (Phi) is 3.48. The highest BCUT2D eigenvalue weighted by Gasteiger charge is 2.18. The highest BCUT2D eigenvalue weighted by molar-refractivity contribution is 6.33. The smallest absolute Gasteiger partial charge is 0.353 e. The second-order valence-corrected chi connectivity index (χ2v) is 4.59. The van der Waals surface area contributed by atoms with Crippen molar-refractivity contribution in [3.05, 3.63) is 34.0 Å². The number of hydrogen-bond acceptors (Lipinski definition) is 3. The number of aromatic nitrogens is 2. The molecule has 0 aliphatic rings. The molecule has 0 aliphatic heterocycles. The number of aromatic carboxylic acids is 1. The van der Waals surface area contributed by atoms with Crippen LogP contribution in [0.4, 0.5) is 0 Å². The zero-order chi connectivity index (χ0) is 14.2. The van der Waals surface area contributed by atoms with Crippen LogP contribution in [0.5, 0.6) is 5.75 Å². The van der Waals surface area contributed by atoms with Crippen molar-refractivity contribution in [2.24, 2.45) is 0 Å². The third kappa shape index (κ3) is 2.29. The number of hydrogen-bond donors (Lipinski definition) is 2. The van der Waals surface area contributed by atoms with Gasteiger partial charge in [0.05, 0.1) is 17.8 Å². The van der Waals surface area contributed by atoms with Crippen LogP contribution in [0, 0.1) is 13.8 Å². The molecule has 19 heavy (non-hydrogen) atoms. The first-order chi connectivity index (χ1) is 8.95. The van der Waals surface area contributed by atoms with E-state index in [1.165, 1.54) is 6.07 Å². The van der Waals surface area contributed by atoms with Crippen molar-refractivity contribution in [3.8, 4) is 17.0 Å². The molecule has 5 nitrogen and oxygen atoms in total. The van der Waals surface area contributed by atoms with Gasteiger partial charge in [0, 0.05) is 11.1 Å². The third-order valence-electron chi connectivity index (χ3n) is 2.92. The molecule has 0 saturated heterocycles. The van der Waals surface area contributed by atoms with Crippen LogP contribution < -0.4 is 4.74 Å². The Bertz CT molecular complexity index is 650. The molecule has 1 aromatic carbocycles. The number of aryl methyl sites for hydroxylation is 1. The number of H-pyrrole nitrogens is 1. The van der Waals surface area contributed by atoms with E-state index in [0.29, 0.717) is 16.3 Å². The average molecular weight is 281 g/mol. The molecule has 0 aliphatic carbocycles. The average Bonchev–Trinajstić information content (AvgIpc) is 2.78. The van der Waals surface area contributed by atoms with Crippen LogP contribution >= 0.6 is 11.6 Å². The summed E-state index contributed by atoms with van der Waals surface area (Å²) in [5.74, 6) is -0.342. The van der Waals surface area contributed by atoms with Crippen LogP contribution in [-0.2, 0) is 0 Å². The number of carboxylic acid groups (broad SMARTS) is 1. The third-order valence-corrected chi connectivity index (χ3v) is 3.22. The van der Waals surface area contributed by atoms with Crippen molar-refractivity contribution in [2.45, 2.75) is 13.8 Å². The summed E-state index contributed by atoms with van der Waals surface area (Å²) in [7, 11) is 1.58. The quantitative estimate of drug-likeness (QED) is 0.906. The normalized spacial score (nSPS) is 10.5. The summed E-state index contributed by atoms with van der Waals surface area (Å²) in [6.07, 6.45) is 0. The van der Waals surface area contributed by atoms with Gasteiger partial charge in [0.15, 0.2) is 0 Å². The Morgan fingerprint density at radius 3 is 2.63 bits per heavy atom. The van der Waals surface area contributed by atoms with E-state index in [0.717, 1.165) is 16.9 Å². The summed E-state index contributed by atoms with van der Waals surface area (Å²) in [4.78, 5) is 10.9. The summed E-state index contributed by atoms with van der Waals surface area (Å²) >= 11 is 6.23. The molecule has 0 bridgehead atoms. The number of nitrogens with one attached hydrogen (secondary N) is 1. The molecule has 0 radical (unpaired) electrons. The summed E-state index contributed by atoms with van der Waals surface area (Å²) in [6, 6.07) is 3.23. The van der Waals surface area contributed by atoms with E-state index in [2.05, 4.69) is 10.2 Å². The van der Waals surface area contributed by atoms with Crippen LogP contribution in [0.2, 0.25) is 5.02 Å². The first kappa shape index (κ1) is 13.4. The minimum atomic E-state index is -1.06. The van der Waals surface area contributed by atoms with E-state index in [1.54, 1.807) is 13.2 Å². The first-order valence-electron chi connectivity index (χ1n) is 5.58. The standard InChI is InChI=1S/C13H13ClN2O3/c1-6-4-8(14)11(7(2)12(6)19-3)9-5-10(13(17)18)16-15-9/h4-5H,1-3H3,(H,15,16)(H,17,18). The van der Waals surface area contributed by atoms with Gasteiger partial charge in [-0.2, -0.15) is 5.10 Å². The molecule has 0 amide bonds. The lowest BCUT2D eigenvalue weighted by Gasteiger charge is -2.13. The predicted octanol–water partition coefficient (Wildman–Crippen LogP) is 3.05. The number of halogens is 1. The molecular weight excluding hydrogens is 268 g/mol. The van der Waals surface area contributed by atoms with Gasteiger partial charge in [-0.15, -0.1) is 0 Å². The molecule has 0 spiro atoms. The van der Waals surface area contributed by atoms with E-state index in [4.69, 9.17) is 21.4 Å². The first-order valence-corrected chi connectivity index (χ1v) is 5.96. The lowest BCUT2D eigenvalue weighted by Crippen LogP contribution is -1.95. The number of aromatic amines is 1. The topological polar surface area (TPSA) is 75.2 Å². The zero-order valence-electron chi connectivity index (χ0n) is 10.7. The fourth-order valence-electron chi connectivity index (χ4n) is 2.10. The molecule has 2 aromatic rings. The van der Waals surface area contributed by atoms with Crippen molar-refractivity contribution in [2.75, 3.05) is 7.11 Å². The van der Waals surface area contributed by atoms with Gasteiger partial charge in [0.1, 0.15) is 11.4 Å². The molecule has 2 N–H and O–H groups in total. The molecule has 100 valence electrons. The fraction of sp³-hybridized carbons (Fsp3) is 0.231. The zero-order valence-corrected chi connectivity index (χ0v) is 11.5. The molecule has 0 saturated carbocycles. The van der Waals surface area contributed by atoms with E-state index in [-0.39, 0.29) is 5.69 Å². The Morgan fingerprint density at radius 2 is 2.11 bits per heavy atom. The van der Waals surface area contributed by atoms with Gasteiger partial charge in [-0.05, 0) is 31.5 Å². The Labute approximate surface area is 115 Å². The summed E-state index contributed by atoms with van der Waals surface area (Å²) in [6.45, 7) is 3.76. The van der Waals surface area contributed by atoms with Crippen molar-refractivity contribution >= 4 is 17.6 Å². The van der Waals surface area contributed by atoms with Gasteiger partial charge < -0.3 is 9.84 Å². The number of ether oxygens (including phenoxy) is 1. The molecule has 2 rings (SSSR count). The Hall–Kier alpha value is -2.01. The van der Waals surface area contributed by atoms with E-state index in [9.17, 15) is 4.79 Å². The second kappa shape index (κ2) is 4.93. The van der Waals surface area contributed by atoms with Crippen LogP contribution in [-0.4, -0.2) is 28.4 Å².